The molecule has 1 amide bonds. The molecular weight excluding hydrogens is 404 g/mol. The molecule has 0 atom stereocenters. The Labute approximate surface area is 178 Å². The fraction of sp³-hybridized carbons (Fsp3) is 0.174. The highest BCUT2D eigenvalue weighted by Gasteiger charge is 2.30. The van der Waals surface area contributed by atoms with Crippen LogP contribution in [-0.4, -0.2) is 19.7 Å². The van der Waals surface area contributed by atoms with Crippen molar-refractivity contribution in [1.29, 1.82) is 0 Å². The van der Waals surface area contributed by atoms with Crippen LogP contribution in [0.4, 0.5) is 23.4 Å². The highest BCUT2D eigenvalue weighted by molar-refractivity contribution is 6.74. The van der Waals surface area contributed by atoms with Crippen molar-refractivity contribution in [1.82, 2.24) is 5.32 Å². The van der Waals surface area contributed by atoms with Crippen molar-refractivity contribution in [2.75, 3.05) is 12.3 Å². The molecule has 0 bridgehead atoms. The molecule has 8 heteroatoms. The molecule has 0 heterocycles. The smallest absolute Gasteiger partial charge is 0.449 e. The minimum Gasteiger partial charge on any atom is -0.449 e. The van der Waals surface area contributed by atoms with E-state index in [-0.39, 0.29) is 35.9 Å². The first kappa shape index (κ1) is 20.8. The summed E-state index contributed by atoms with van der Waals surface area (Å²) in [7, 11) is 0. The quantitative estimate of drug-likeness (QED) is 0.461. The molecule has 31 heavy (non-hydrogen) atoms. The van der Waals surface area contributed by atoms with Crippen LogP contribution in [-0.2, 0) is 11.3 Å². The predicted octanol–water partition coefficient (Wildman–Crippen LogP) is 4.67. The first-order valence-electron chi connectivity index (χ1n) is 9.93. The lowest BCUT2D eigenvalue weighted by atomic mass is 9.76. The van der Waals surface area contributed by atoms with Crippen LogP contribution in [0.1, 0.15) is 28.2 Å². The number of carbonyl (C=O) groups excluding carboxylic acids is 1. The number of carbonyl (C=O) groups is 1. The van der Waals surface area contributed by atoms with E-state index in [4.69, 9.17) is 10.5 Å². The van der Waals surface area contributed by atoms with Gasteiger partial charge in [-0.15, -0.1) is 5.46 Å². The summed E-state index contributed by atoms with van der Waals surface area (Å²) in [6, 6.07) is 18.4. The number of nitrogen functional groups attached to an aromatic ring is 1. The summed E-state index contributed by atoms with van der Waals surface area (Å²) in [4.78, 5) is 12.2. The second-order valence-corrected chi connectivity index (χ2v) is 7.65. The Hall–Kier alpha value is -3.42. The molecule has 3 aromatic carbocycles. The third kappa shape index (κ3) is 4.10. The molecule has 3 aromatic rings. The van der Waals surface area contributed by atoms with Crippen LogP contribution in [0.3, 0.4) is 0 Å². The largest absolute Gasteiger partial charge is 0.509 e. The Morgan fingerprint density at radius 2 is 1.61 bits per heavy atom. The van der Waals surface area contributed by atoms with Crippen LogP contribution < -0.4 is 16.5 Å². The Bertz CT molecular complexity index is 1100. The first-order chi connectivity index (χ1) is 14.8. The molecule has 0 saturated heterocycles. The monoisotopic (exact) mass is 425 g/mol. The maximum absolute atomic E-state index is 13.2. The van der Waals surface area contributed by atoms with Gasteiger partial charge in [-0.05, 0) is 40.8 Å². The number of nitrogens with one attached hydrogen (secondary N) is 1. The summed E-state index contributed by atoms with van der Waals surface area (Å²) in [6.07, 6.45) is -0.694. The topological polar surface area (TPSA) is 64.3 Å². The van der Waals surface area contributed by atoms with Crippen LogP contribution in [0.25, 0.3) is 11.1 Å². The van der Waals surface area contributed by atoms with Crippen LogP contribution in [0.5, 0.6) is 0 Å². The number of alkyl carbamates (subject to hydrolysis) is 1. The minimum atomic E-state index is -5.19. The molecule has 0 aliphatic heterocycles. The van der Waals surface area contributed by atoms with Gasteiger partial charge >= 0.3 is 13.1 Å². The molecular formula is C23H21BF3N2O2-. The Kier molecular flexibility index (Phi) is 5.39. The van der Waals surface area contributed by atoms with Gasteiger partial charge in [0, 0.05) is 18.2 Å². The Balaban J connectivity index is 1.43. The molecule has 3 N–H and O–H groups in total. The SMILES string of the molecule is Cc1c(N)cc(CNC(=O)OCC2c3ccccc3-c3ccccc32)cc1[B-](F)(F)F. The molecule has 0 saturated carbocycles. The number of halogens is 3. The predicted molar refractivity (Wildman–Crippen MR) is 116 cm³/mol. The van der Waals surface area contributed by atoms with Gasteiger partial charge in [0.2, 0.25) is 0 Å². The third-order valence-corrected chi connectivity index (χ3v) is 5.68. The number of anilines is 1. The van der Waals surface area contributed by atoms with Crippen molar-refractivity contribution in [2.24, 2.45) is 0 Å². The zero-order valence-electron chi connectivity index (χ0n) is 16.9. The average Bonchev–Trinajstić information content (AvgIpc) is 3.06. The number of nitrogens with two attached hydrogens (primary N) is 1. The van der Waals surface area contributed by atoms with E-state index in [0.29, 0.717) is 0 Å². The van der Waals surface area contributed by atoms with Crippen molar-refractivity contribution >= 4 is 24.2 Å². The fourth-order valence-electron chi connectivity index (χ4n) is 4.09. The van der Waals surface area contributed by atoms with Gasteiger partial charge in [-0.25, -0.2) is 4.79 Å². The van der Waals surface area contributed by atoms with Crippen molar-refractivity contribution < 1.29 is 22.5 Å². The van der Waals surface area contributed by atoms with Gasteiger partial charge in [0.25, 0.3) is 0 Å². The van der Waals surface area contributed by atoms with E-state index in [0.717, 1.165) is 28.3 Å². The zero-order chi connectivity index (χ0) is 22.2. The number of rotatable bonds is 5. The second kappa shape index (κ2) is 8.02. The van der Waals surface area contributed by atoms with Crippen molar-refractivity contribution in [3.05, 3.63) is 82.9 Å². The molecule has 0 unspecified atom stereocenters. The molecule has 0 aromatic heterocycles. The lowest BCUT2D eigenvalue weighted by Gasteiger charge is -2.21. The normalized spacial score (nSPS) is 12.9. The molecule has 4 rings (SSSR count). The fourth-order valence-corrected chi connectivity index (χ4v) is 4.09. The summed E-state index contributed by atoms with van der Waals surface area (Å²) >= 11 is 0. The van der Waals surface area contributed by atoms with Gasteiger partial charge in [0.1, 0.15) is 6.61 Å². The summed E-state index contributed by atoms with van der Waals surface area (Å²) in [5.41, 5.74) is 9.68. The maximum atomic E-state index is 13.2. The van der Waals surface area contributed by atoms with Crippen molar-refractivity contribution in [2.45, 2.75) is 19.4 Å². The highest BCUT2D eigenvalue weighted by Crippen LogP contribution is 2.44. The van der Waals surface area contributed by atoms with Crippen LogP contribution in [0, 0.1) is 6.92 Å². The van der Waals surface area contributed by atoms with E-state index < -0.39 is 18.5 Å². The molecule has 160 valence electrons. The van der Waals surface area contributed by atoms with Gasteiger partial charge in [-0.3, -0.25) is 0 Å². The first-order valence-corrected chi connectivity index (χ1v) is 9.93. The van der Waals surface area contributed by atoms with Crippen molar-refractivity contribution in [3.8, 4) is 11.1 Å². The Morgan fingerprint density at radius 3 is 2.19 bits per heavy atom. The van der Waals surface area contributed by atoms with Crippen molar-refractivity contribution in [3.63, 3.8) is 0 Å². The van der Waals surface area contributed by atoms with Gasteiger partial charge < -0.3 is 28.7 Å². The van der Waals surface area contributed by atoms with E-state index in [1.54, 1.807) is 0 Å². The average molecular weight is 425 g/mol. The molecule has 4 nitrogen and oxygen atoms in total. The number of hydrogen-bond acceptors (Lipinski definition) is 3. The van der Waals surface area contributed by atoms with E-state index >= 15 is 0 Å². The summed E-state index contributed by atoms with van der Waals surface area (Å²) in [6.45, 7) is -3.84. The molecule has 1 aliphatic rings. The molecule has 1 aliphatic carbocycles. The summed E-state index contributed by atoms with van der Waals surface area (Å²) in [5, 5.41) is 2.52. The van der Waals surface area contributed by atoms with Crippen LogP contribution in [0.2, 0.25) is 0 Å². The van der Waals surface area contributed by atoms with Gasteiger partial charge in [0.15, 0.2) is 0 Å². The van der Waals surface area contributed by atoms with Gasteiger partial charge in [-0.1, -0.05) is 60.2 Å². The maximum Gasteiger partial charge on any atom is 0.509 e. The number of amides is 1. The number of hydrogen-bond donors (Lipinski definition) is 2. The third-order valence-electron chi connectivity index (χ3n) is 5.68. The number of ether oxygens (including phenoxy) is 1. The van der Waals surface area contributed by atoms with Crippen LogP contribution in [0.15, 0.2) is 60.7 Å². The van der Waals surface area contributed by atoms with E-state index in [1.807, 2.05) is 48.5 Å². The van der Waals surface area contributed by atoms with E-state index in [1.165, 1.54) is 13.0 Å². The van der Waals surface area contributed by atoms with Gasteiger partial charge in [-0.2, -0.15) is 0 Å². The molecule has 0 fully saturated rings. The highest BCUT2D eigenvalue weighted by atomic mass is 19.4. The number of fused-ring (bicyclic) bond motifs is 3. The van der Waals surface area contributed by atoms with Crippen LogP contribution >= 0.6 is 0 Å². The summed E-state index contributed by atoms with van der Waals surface area (Å²) < 4.78 is 45.1. The standard InChI is InChI=1S/C23H21BF3N2O2/c1-14-21(24(25,26)27)10-15(11-22(14)28)12-29-23(30)31-13-20-18-8-4-2-6-16(18)17-7-3-5-9-19(17)20/h2-11,20H,12-13,28H2,1H3,(H,29,30)/q-1. The zero-order valence-corrected chi connectivity index (χ0v) is 16.9. The second-order valence-electron chi connectivity index (χ2n) is 7.65. The Morgan fingerprint density at radius 1 is 1.03 bits per heavy atom. The van der Waals surface area contributed by atoms with E-state index in [2.05, 4.69) is 5.32 Å². The number of benzene rings is 3. The lowest BCUT2D eigenvalue weighted by molar-refractivity contribution is 0.142. The molecule has 0 spiro atoms. The van der Waals surface area contributed by atoms with E-state index in [9.17, 15) is 17.7 Å². The van der Waals surface area contributed by atoms with Gasteiger partial charge in [0.05, 0.1) is 0 Å². The summed E-state index contributed by atoms with van der Waals surface area (Å²) in [5.74, 6) is -0.0901. The molecule has 0 radical (unpaired) electrons. The lowest BCUT2D eigenvalue weighted by Crippen LogP contribution is -2.37. The minimum absolute atomic E-state index is 0.00242.